The second-order valence-electron chi connectivity index (χ2n) is 2.78. The molecule has 0 saturated carbocycles. The predicted octanol–water partition coefficient (Wildman–Crippen LogP) is 1.64. The number of rotatable bonds is 2. The van der Waals surface area contributed by atoms with Crippen LogP contribution in [-0.2, 0) is 11.0 Å². The molecule has 0 radical (unpaired) electrons. The minimum Gasteiger partial charge on any atom is -0.387 e. The van der Waals surface area contributed by atoms with E-state index in [1.165, 1.54) is 0 Å². The Morgan fingerprint density at radius 1 is 1.27 bits per heavy atom. The molecule has 1 aromatic rings. The fourth-order valence-electron chi connectivity index (χ4n) is 0.943. The first kappa shape index (κ1) is 11.5. The van der Waals surface area contributed by atoms with Crippen LogP contribution in [0.4, 0.5) is 18.9 Å². The summed E-state index contributed by atoms with van der Waals surface area (Å²) in [4.78, 5) is 10.7. The molecule has 0 bridgehead atoms. The second-order valence-corrected chi connectivity index (χ2v) is 2.78. The molecule has 0 aromatic heterocycles. The number of hydrogen-bond donors (Lipinski definition) is 2. The molecule has 1 rings (SSSR count). The van der Waals surface area contributed by atoms with Crippen molar-refractivity contribution < 1.29 is 23.1 Å². The fraction of sp³-hybridized carbons (Fsp3) is 0.222. The van der Waals surface area contributed by atoms with Gasteiger partial charge in [0, 0.05) is 5.69 Å². The average Bonchev–Trinajstić information content (AvgIpc) is 2.17. The molecule has 0 unspecified atom stereocenters. The van der Waals surface area contributed by atoms with Crippen molar-refractivity contribution in [2.24, 2.45) is 0 Å². The van der Waals surface area contributed by atoms with Crippen LogP contribution in [-0.4, -0.2) is 17.6 Å². The van der Waals surface area contributed by atoms with Crippen LogP contribution in [0.1, 0.15) is 5.56 Å². The third-order valence-electron chi connectivity index (χ3n) is 1.64. The normalized spacial score (nSPS) is 11.2. The summed E-state index contributed by atoms with van der Waals surface area (Å²) in [6, 6.07) is 3.95. The molecule has 1 amide bonds. The molecule has 82 valence electrons. The number of anilines is 1. The SMILES string of the molecule is O=C(CO)Nc1ccc(C(F)(F)F)cc1. The van der Waals surface area contributed by atoms with Gasteiger partial charge in [-0.15, -0.1) is 0 Å². The van der Waals surface area contributed by atoms with Crippen LogP contribution >= 0.6 is 0 Å². The number of benzene rings is 1. The van der Waals surface area contributed by atoms with E-state index in [0.717, 1.165) is 24.3 Å². The number of hydrogen-bond acceptors (Lipinski definition) is 2. The number of amides is 1. The van der Waals surface area contributed by atoms with Crippen molar-refractivity contribution in [3.8, 4) is 0 Å². The van der Waals surface area contributed by atoms with Crippen molar-refractivity contribution in [2.75, 3.05) is 11.9 Å². The molecule has 0 aliphatic rings. The lowest BCUT2D eigenvalue weighted by Crippen LogP contribution is -2.15. The van der Waals surface area contributed by atoms with E-state index in [0.29, 0.717) is 0 Å². The summed E-state index contributed by atoms with van der Waals surface area (Å²) >= 11 is 0. The summed E-state index contributed by atoms with van der Waals surface area (Å²) in [5.74, 6) is -0.672. The van der Waals surface area contributed by atoms with Crippen molar-refractivity contribution in [1.29, 1.82) is 0 Å². The van der Waals surface area contributed by atoms with E-state index in [-0.39, 0.29) is 5.69 Å². The topological polar surface area (TPSA) is 49.3 Å². The third kappa shape index (κ3) is 3.25. The molecule has 1 aromatic carbocycles. The van der Waals surface area contributed by atoms with Gasteiger partial charge in [-0.05, 0) is 24.3 Å². The molecule has 0 aliphatic carbocycles. The second kappa shape index (κ2) is 4.31. The Morgan fingerprint density at radius 3 is 2.20 bits per heavy atom. The van der Waals surface area contributed by atoms with Crippen molar-refractivity contribution in [1.82, 2.24) is 0 Å². The van der Waals surface area contributed by atoms with Crippen molar-refractivity contribution in [3.63, 3.8) is 0 Å². The van der Waals surface area contributed by atoms with Gasteiger partial charge >= 0.3 is 6.18 Å². The van der Waals surface area contributed by atoms with E-state index in [1.54, 1.807) is 0 Å². The molecule has 0 fully saturated rings. The Hall–Kier alpha value is -1.56. The van der Waals surface area contributed by atoms with Crippen molar-refractivity contribution in [2.45, 2.75) is 6.18 Å². The molecular weight excluding hydrogens is 211 g/mol. The number of nitrogens with one attached hydrogen (secondary N) is 1. The van der Waals surface area contributed by atoms with Crippen LogP contribution in [0.2, 0.25) is 0 Å². The highest BCUT2D eigenvalue weighted by Gasteiger charge is 2.29. The van der Waals surface area contributed by atoms with Gasteiger partial charge in [-0.25, -0.2) is 0 Å². The van der Waals surface area contributed by atoms with Gasteiger partial charge in [-0.2, -0.15) is 13.2 Å². The lowest BCUT2D eigenvalue weighted by molar-refractivity contribution is -0.137. The number of halogens is 3. The Morgan fingerprint density at radius 2 is 1.80 bits per heavy atom. The molecule has 0 saturated heterocycles. The largest absolute Gasteiger partial charge is 0.416 e. The van der Waals surface area contributed by atoms with E-state index in [9.17, 15) is 18.0 Å². The maximum absolute atomic E-state index is 12.1. The van der Waals surface area contributed by atoms with Crippen LogP contribution < -0.4 is 5.32 Å². The van der Waals surface area contributed by atoms with Gasteiger partial charge in [0.05, 0.1) is 5.56 Å². The van der Waals surface area contributed by atoms with E-state index in [1.807, 2.05) is 0 Å². The summed E-state index contributed by atoms with van der Waals surface area (Å²) in [5, 5.41) is 10.6. The maximum Gasteiger partial charge on any atom is 0.416 e. The molecule has 3 nitrogen and oxygen atoms in total. The smallest absolute Gasteiger partial charge is 0.387 e. The van der Waals surface area contributed by atoms with Gasteiger partial charge in [0.1, 0.15) is 6.61 Å². The monoisotopic (exact) mass is 219 g/mol. The zero-order chi connectivity index (χ0) is 11.5. The molecule has 2 N–H and O–H groups in total. The molecule has 6 heteroatoms. The summed E-state index contributed by atoms with van der Waals surface area (Å²) in [7, 11) is 0. The average molecular weight is 219 g/mol. The highest BCUT2D eigenvalue weighted by atomic mass is 19.4. The van der Waals surface area contributed by atoms with Crippen LogP contribution in [0.15, 0.2) is 24.3 Å². The summed E-state index contributed by atoms with van der Waals surface area (Å²) in [6.45, 7) is -0.707. The molecule has 0 heterocycles. The lowest BCUT2D eigenvalue weighted by Gasteiger charge is -2.07. The molecule has 15 heavy (non-hydrogen) atoms. The van der Waals surface area contributed by atoms with E-state index in [2.05, 4.69) is 5.32 Å². The van der Waals surface area contributed by atoms with Crippen LogP contribution in [0.25, 0.3) is 0 Å². The fourth-order valence-corrected chi connectivity index (χ4v) is 0.943. The molecule has 0 atom stereocenters. The van der Waals surface area contributed by atoms with E-state index in [4.69, 9.17) is 5.11 Å². The predicted molar refractivity (Wildman–Crippen MR) is 47.2 cm³/mol. The maximum atomic E-state index is 12.1. The van der Waals surface area contributed by atoms with Crippen LogP contribution in [0.3, 0.4) is 0 Å². The van der Waals surface area contributed by atoms with E-state index >= 15 is 0 Å². The highest BCUT2D eigenvalue weighted by molar-refractivity contribution is 5.91. The molecule has 0 aliphatic heterocycles. The zero-order valence-corrected chi connectivity index (χ0v) is 7.51. The number of carbonyl (C=O) groups is 1. The van der Waals surface area contributed by atoms with E-state index < -0.39 is 24.3 Å². The Bertz CT molecular complexity index is 345. The van der Waals surface area contributed by atoms with Crippen LogP contribution in [0.5, 0.6) is 0 Å². The van der Waals surface area contributed by atoms with Crippen molar-refractivity contribution >= 4 is 11.6 Å². The highest BCUT2D eigenvalue weighted by Crippen LogP contribution is 2.29. The minimum absolute atomic E-state index is 0.210. The van der Waals surface area contributed by atoms with Crippen LogP contribution in [0, 0.1) is 0 Å². The Balaban J connectivity index is 2.77. The van der Waals surface area contributed by atoms with Gasteiger partial charge in [0.15, 0.2) is 0 Å². The third-order valence-corrected chi connectivity index (χ3v) is 1.64. The van der Waals surface area contributed by atoms with Gasteiger partial charge in [-0.3, -0.25) is 4.79 Å². The van der Waals surface area contributed by atoms with Crippen molar-refractivity contribution in [3.05, 3.63) is 29.8 Å². The zero-order valence-electron chi connectivity index (χ0n) is 7.51. The van der Waals surface area contributed by atoms with Gasteiger partial charge in [-0.1, -0.05) is 0 Å². The first-order valence-electron chi connectivity index (χ1n) is 4.01. The number of carbonyl (C=O) groups excluding carboxylic acids is 1. The summed E-state index contributed by atoms with van der Waals surface area (Å²) < 4.78 is 36.4. The Kier molecular flexibility index (Phi) is 3.31. The quantitative estimate of drug-likeness (QED) is 0.794. The first-order chi connectivity index (χ1) is 6.93. The first-order valence-corrected chi connectivity index (χ1v) is 4.01. The standard InChI is InChI=1S/C9H8F3NO2/c10-9(11,12)6-1-3-7(4-2-6)13-8(15)5-14/h1-4,14H,5H2,(H,13,15). The summed E-state index contributed by atoms with van der Waals surface area (Å²) in [5.41, 5.74) is -0.577. The summed E-state index contributed by atoms with van der Waals surface area (Å²) in [6.07, 6.45) is -4.39. The number of aliphatic hydroxyl groups excluding tert-OH is 1. The van der Waals surface area contributed by atoms with Gasteiger partial charge < -0.3 is 10.4 Å². The van der Waals surface area contributed by atoms with Gasteiger partial charge in [0.25, 0.3) is 0 Å². The van der Waals surface area contributed by atoms with Gasteiger partial charge in [0.2, 0.25) is 5.91 Å². The number of aliphatic hydroxyl groups is 1. The molecular formula is C9H8F3NO2. The number of alkyl halides is 3. The lowest BCUT2D eigenvalue weighted by atomic mass is 10.2. The molecule has 0 spiro atoms. The minimum atomic E-state index is -4.39. The Labute approximate surface area is 83.5 Å².